The Bertz CT molecular complexity index is 387. The number of aliphatic hydroxyl groups is 1. The Hall–Kier alpha value is -0.860. The number of hydrogen-bond donors (Lipinski definition) is 2. The molecule has 0 bridgehead atoms. The zero-order valence-corrected chi connectivity index (χ0v) is 12.2. The third kappa shape index (κ3) is 3.58. The van der Waals surface area contributed by atoms with Gasteiger partial charge in [-0.15, -0.1) is 0 Å². The minimum absolute atomic E-state index is 0.351. The number of nitrogens with two attached hydrogens (primary N) is 1. The highest BCUT2D eigenvalue weighted by atomic mass is 16.3. The van der Waals surface area contributed by atoms with E-state index >= 15 is 0 Å². The third-order valence-electron chi connectivity index (χ3n) is 4.64. The van der Waals surface area contributed by atoms with Crippen LogP contribution in [0.25, 0.3) is 0 Å². The van der Waals surface area contributed by atoms with Gasteiger partial charge in [0.05, 0.1) is 0 Å². The summed E-state index contributed by atoms with van der Waals surface area (Å²) < 4.78 is 0. The van der Waals surface area contributed by atoms with Crippen LogP contribution in [0.15, 0.2) is 18.2 Å². The first-order valence-electron chi connectivity index (χ1n) is 7.53. The number of benzene rings is 1. The predicted molar refractivity (Wildman–Crippen MR) is 80.2 cm³/mol. The Labute approximate surface area is 117 Å². The molecular weight excluding hydrogens is 234 g/mol. The van der Waals surface area contributed by atoms with Crippen LogP contribution < -0.4 is 5.73 Å². The Kier molecular flexibility index (Phi) is 5.00. The molecule has 0 aromatic heterocycles. The molecule has 1 aliphatic rings. The minimum atomic E-state index is 0.351. The van der Waals surface area contributed by atoms with Gasteiger partial charge in [-0.1, -0.05) is 29.3 Å². The zero-order chi connectivity index (χ0) is 13.8. The van der Waals surface area contributed by atoms with Crippen LogP contribution in [0.2, 0.25) is 0 Å². The molecule has 1 aliphatic carbocycles. The van der Waals surface area contributed by atoms with Crippen LogP contribution in [-0.4, -0.2) is 18.3 Å². The Morgan fingerprint density at radius 2 is 1.68 bits per heavy atom. The lowest BCUT2D eigenvalue weighted by molar-refractivity contribution is 0.158. The fraction of sp³-hybridized carbons (Fsp3) is 0.647. The Morgan fingerprint density at radius 1 is 1.11 bits per heavy atom. The lowest BCUT2D eigenvalue weighted by Crippen LogP contribution is -2.27. The van der Waals surface area contributed by atoms with Crippen molar-refractivity contribution >= 4 is 0 Å². The van der Waals surface area contributed by atoms with Crippen molar-refractivity contribution in [3.05, 3.63) is 34.9 Å². The topological polar surface area (TPSA) is 46.2 Å². The molecule has 1 unspecified atom stereocenters. The quantitative estimate of drug-likeness (QED) is 0.874. The summed E-state index contributed by atoms with van der Waals surface area (Å²) in [5.74, 6) is 1.70. The summed E-state index contributed by atoms with van der Waals surface area (Å²) >= 11 is 0. The second-order valence-corrected chi connectivity index (χ2v) is 6.23. The number of aliphatic hydroxyl groups excluding tert-OH is 1. The van der Waals surface area contributed by atoms with Crippen molar-refractivity contribution in [2.24, 2.45) is 17.6 Å². The standard InChI is InChI=1S/C17H27NO/c1-12-7-13(2)9-16(8-12)17(10-18)15-5-3-14(11-19)4-6-15/h7-9,14-15,17,19H,3-6,10-11,18H2,1-2H3. The number of rotatable bonds is 4. The molecule has 1 atom stereocenters. The van der Waals surface area contributed by atoms with Crippen molar-refractivity contribution < 1.29 is 5.11 Å². The summed E-state index contributed by atoms with van der Waals surface area (Å²) in [4.78, 5) is 0. The van der Waals surface area contributed by atoms with Gasteiger partial charge >= 0.3 is 0 Å². The Morgan fingerprint density at radius 3 is 2.16 bits per heavy atom. The van der Waals surface area contributed by atoms with Gasteiger partial charge in [0.2, 0.25) is 0 Å². The monoisotopic (exact) mass is 261 g/mol. The van der Waals surface area contributed by atoms with Crippen LogP contribution in [-0.2, 0) is 0 Å². The van der Waals surface area contributed by atoms with E-state index in [9.17, 15) is 5.11 Å². The van der Waals surface area contributed by atoms with Gasteiger partial charge in [-0.2, -0.15) is 0 Å². The molecule has 1 saturated carbocycles. The largest absolute Gasteiger partial charge is 0.396 e. The van der Waals surface area contributed by atoms with E-state index in [0.717, 1.165) is 19.4 Å². The van der Waals surface area contributed by atoms with E-state index in [1.165, 1.54) is 29.5 Å². The molecule has 0 heterocycles. The zero-order valence-electron chi connectivity index (χ0n) is 12.2. The summed E-state index contributed by atoms with van der Waals surface area (Å²) in [6, 6.07) is 6.81. The molecule has 1 fully saturated rings. The molecule has 1 aromatic carbocycles. The fourth-order valence-corrected chi connectivity index (χ4v) is 3.60. The van der Waals surface area contributed by atoms with E-state index in [1.54, 1.807) is 0 Å². The molecule has 1 aromatic rings. The van der Waals surface area contributed by atoms with Crippen LogP contribution in [0, 0.1) is 25.7 Å². The van der Waals surface area contributed by atoms with E-state index in [4.69, 9.17) is 5.73 Å². The summed E-state index contributed by atoms with van der Waals surface area (Å²) in [6.45, 7) is 5.40. The maximum absolute atomic E-state index is 9.24. The van der Waals surface area contributed by atoms with Crippen LogP contribution in [0.5, 0.6) is 0 Å². The minimum Gasteiger partial charge on any atom is -0.396 e. The first-order valence-corrected chi connectivity index (χ1v) is 7.53. The van der Waals surface area contributed by atoms with Gasteiger partial charge in [-0.3, -0.25) is 0 Å². The van der Waals surface area contributed by atoms with E-state index < -0.39 is 0 Å². The second-order valence-electron chi connectivity index (χ2n) is 6.23. The number of aryl methyl sites for hydroxylation is 2. The lowest BCUT2D eigenvalue weighted by Gasteiger charge is -2.33. The van der Waals surface area contributed by atoms with Gasteiger partial charge in [-0.05, 0) is 69.4 Å². The SMILES string of the molecule is Cc1cc(C)cc(C(CN)C2CCC(CO)CC2)c1. The smallest absolute Gasteiger partial charge is 0.0459 e. The highest BCUT2D eigenvalue weighted by Gasteiger charge is 2.27. The van der Waals surface area contributed by atoms with E-state index in [0.29, 0.717) is 24.4 Å². The molecular formula is C17H27NO. The van der Waals surface area contributed by atoms with Crippen molar-refractivity contribution in [1.29, 1.82) is 0 Å². The number of hydrogen-bond acceptors (Lipinski definition) is 2. The van der Waals surface area contributed by atoms with Crippen molar-refractivity contribution in [2.45, 2.75) is 45.4 Å². The van der Waals surface area contributed by atoms with Crippen LogP contribution >= 0.6 is 0 Å². The van der Waals surface area contributed by atoms with Crippen molar-refractivity contribution in [1.82, 2.24) is 0 Å². The molecule has 0 radical (unpaired) electrons. The van der Waals surface area contributed by atoms with Gasteiger partial charge < -0.3 is 10.8 Å². The first kappa shape index (κ1) is 14.5. The van der Waals surface area contributed by atoms with Crippen LogP contribution in [0.3, 0.4) is 0 Å². The molecule has 0 amide bonds. The van der Waals surface area contributed by atoms with Gasteiger partial charge in [0.15, 0.2) is 0 Å². The van der Waals surface area contributed by atoms with E-state index in [1.807, 2.05) is 0 Å². The van der Waals surface area contributed by atoms with E-state index in [-0.39, 0.29) is 0 Å². The van der Waals surface area contributed by atoms with Crippen molar-refractivity contribution in [3.63, 3.8) is 0 Å². The normalized spacial score (nSPS) is 25.3. The molecule has 106 valence electrons. The molecule has 2 rings (SSSR count). The highest BCUT2D eigenvalue weighted by Crippen LogP contribution is 2.38. The van der Waals surface area contributed by atoms with Crippen molar-refractivity contribution in [2.75, 3.05) is 13.2 Å². The summed E-state index contributed by atoms with van der Waals surface area (Å²) in [5.41, 5.74) is 10.1. The first-order chi connectivity index (χ1) is 9.13. The fourth-order valence-electron chi connectivity index (χ4n) is 3.60. The van der Waals surface area contributed by atoms with Gasteiger partial charge in [0.25, 0.3) is 0 Å². The lowest BCUT2D eigenvalue weighted by atomic mass is 9.73. The second kappa shape index (κ2) is 6.53. The van der Waals surface area contributed by atoms with E-state index in [2.05, 4.69) is 32.0 Å². The van der Waals surface area contributed by atoms with Gasteiger partial charge in [-0.25, -0.2) is 0 Å². The maximum atomic E-state index is 9.24. The van der Waals surface area contributed by atoms with Crippen LogP contribution in [0.1, 0.15) is 48.3 Å². The molecule has 0 spiro atoms. The molecule has 19 heavy (non-hydrogen) atoms. The average Bonchev–Trinajstić information content (AvgIpc) is 2.39. The molecule has 2 nitrogen and oxygen atoms in total. The highest BCUT2D eigenvalue weighted by molar-refractivity contribution is 5.31. The summed E-state index contributed by atoms with van der Waals surface area (Å²) in [5, 5.41) is 9.24. The summed E-state index contributed by atoms with van der Waals surface area (Å²) in [6.07, 6.45) is 4.73. The Balaban J connectivity index is 2.11. The average molecular weight is 261 g/mol. The molecule has 2 heteroatoms. The van der Waals surface area contributed by atoms with Crippen LogP contribution in [0.4, 0.5) is 0 Å². The molecule has 0 aliphatic heterocycles. The molecule has 3 N–H and O–H groups in total. The third-order valence-corrected chi connectivity index (χ3v) is 4.64. The van der Waals surface area contributed by atoms with Gasteiger partial charge in [0.1, 0.15) is 0 Å². The maximum Gasteiger partial charge on any atom is 0.0459 e. The summed E-state index contributed by atoms with van der Waals surface area (Å²) in [7, 11) is 0. The van der Waals surface area contributed by atoms with Gasteiger partial charge in [0, 0.05) is 6.61 Å². The molecule has 0 saturated heterocycles. The van der Waals surface area contributed by atoms with Crippen molar-refractivity contribution in [3.8, 4) is 0 Å². The predicted octanol–water partition coefficient (Wildman–Crippen LogP) is 3.14.